The number of aromatic nitrogens is 2. The zero-order chi connectivity index (χ0) is 20.2. The van der Waals surface area contributed by atoms with Gasteiger partial charge in [-0.25, -0.2) is 0 Å². The molecule has 7 nitrogen and oxygen atoms in total. The minimum Gasteiger partial charge on any atom is -0.493 e. The van der Waals surface area contributed by atoms with Crippen LogP contribution >= 0.6 is 0 Å². The average Bonchev–Trinajstić information content (AvgIpc) is 3.27. The van der Waals surface area contributed by atoms with Gasteiger partial charge in [-0.3, -0.25) is 9.89 Å². The summed E-state index contributed by atoms with van der Waals surface area (Å²) in [5.74, 6) is 1.74. The van der Waals surface area contributed by atoms with E-state index in [-0.39, 0.29) is 5.91 Å². The van der Waals surface area contributed by atoms with Gasteiger partial charge in [0.05, 0.1) is 19.9 Å². The van der Waals surface area contributed by atoms with Gasteiger partial charge in [0.15, 0.2) is 11.5 Å². The zero-order valence-electron chi connectivity index (χ0n) is 17.2. The summed E-state index contributed by atoms with van der Waals surface area (Å²) in [7, 11) is 3.21. The molecule has 1 amide bonds. The van der Waals surface area contributed by atoms with Crippen LogP contribution in [0.1, 0.15) is 42.6 Å². The van der Waals surface area contributed by atoms with Crippen molar-refractivity contribution in [1.29, 1.82) is 0 Å². The quantitative estimate of drug-likeness (QED) is 0.782. The largest absolute Gasteiger partial charge is 0.493 e. The molecular weight excluding hydrogens is 368 g/mol. The molecule has 0 spiro atoms. The number of piperidine rings is 2. The van der Waals surface area contributed by atoms with Gasteiger partial charge < -0.3 is 19.7 Å². The molecule has 7 heteroatoms. The maximum Gasteiger partial charge on any atom is 0.269 e. The van der Waals surface area contributed by atoms with Gasteiger partial charge >= 0.3 is 0 Å². The van der Waals surface area contributed by atoms with Gasteiger partial charge in [0.2, 0.25) is 0 Å². The molecular formula is C22H30N4O3. The van der Waals surface area contributed by atoms with Crippen LogP contribution in [0, 0.1) is 5.92 Å². The lowest BCUT2D eigenvalue weighted by Crippen LogP contribution is -2.51. The Kier molecular flexibility index (Phi) is 6.04. The monoisotopic (exact) mass is 398 g/mol. The first-order chi connectivity index (χ1) is 14.2. The van der Waals surface area contributed by atoms with Crippen molar-refractivity contribution in [2.45, 2.75) is 38.1 Å². The first-order valence-electron chi connectivity index (χ1n) is 10.5. The van der Waals surface area contributed by atoms with E-state index in [0.29, 0.717) is 34.8 Å². The molecule has 156 valence electrons. The van der Waals surface area contributed by atoms with Gasteiger partial charge in [-0.05, 0) is 69.0 Å². The smallest absolute Gasteiger partial charge is 0.269 e. The molecule has 2 N–H and O–H groups in total. The molecule has 2 aliphatic rings. The summed E-state index contributed by atoms with van der Waals surface area (Å²) in [6.07, 6.45) is 6.30. The van der Waals surface area contributed by atoms with Gasteiger partial charge in [0.1, 0.15) is 5.69 Å². The van der Waals surface area contributed by atoms with Gasteiger partial charge in [0.25, 0.3) is 5.91 Å². The van der Waals surface area contributed by atoms with E-state index in [0.717, 1.165) is 12.1 Å². The third-order valence-electron chi connectivity index (χ3n) is 6.26. The number of ether oxygens (including phenoxy) is 2. The molecule has 2 atom stereocenters. The molecule has 0 aliphatic carbocycles. The fourth-order valence-corrected chi connectivity index (χ4v) is 4.72. The molecule has 1 aromatic carbocycles. The predicted octanol–water partition coefficient (Wildman–Crippen LogP) is 3.09. The Balaban J connectivity index is 1.40. The van der Waals surface area contributed by atoms with Crippen LogP contribution in [-0.2, 0) is 0 Å². The van der Waals surface area contributed by atoms with Crippen LogP contribution in [0.15, 0.2) is 24.3 Å². The minimum atomic E-state index is -0.0999. The SMILES string of the molecule is COc1ccc(-c2cc(C(=O)NC[C@@H]3CCCN4CCCC[C@@H]34)[nH]n2)cc1OC. The molecule has 4 rings (SSSR count). The molecule has 0 radical (unpaired) electrons. The molecule has 2 saturated heterocycles. The van der Waals surface area contributed by atoms with E-state index in [9.17, 15) is 4.79 Å². The highest BCUT2D eigenvalue weighted by Gasteiger charge is 2.33. The summed E-state index contributed by atoms with van der Waals surface area (Å²) in [5.41, 5.74) is 2.04. The van der Waals surface area contributed by atoms with E-state index in [4.69, 9.17) is 9.47 Å². The van der Waals surface area contributed by atoms with Crippen LogP contribution in [-0.4, -0.2) is 60.9 Å². The van der Waals surface area contributed by atoms with Crippen molar-refractivity contribution >= 4 is 5.91 Å². The number of hydrogen-bond acceptors (Lipinski definition) is 5. The summed E-state index contributed by atoms with van der Waals surface area (Å²) < 4.78 is 10.6. The van der Waals surface area contributed by atoms with Crippen LogP contribution < -0.4 is 14.8 Å². The van der Waals surface area contributed by atoms with E-state index in [1.165, 1.54) is 45.2 Å². The van der Waals surface area contributed by atoms with Crippen molar-refractivity contribution in [3.05, 3.63) is 30.0 Å². The highest BCUT2D eigenvalue weighted by atomic mass is 16.5. The highest BCUT2D eigenvalue weighted by Crippen LogP contribution is 2.32. The van der Waals surface area contributed by atoms with E-state index in [1.807, 2.05) is 18.2 Å². The van der Waals surface area contributed by atoms with Crippen molar-refractivity contribution in [3.63, 3.8) is 0 Å². The van der Waals surface area contributed by atoms with E-state index >= 15 is 0 Å². The molecule has 3 heterocycles. The third-order valence-corrected chi connectivity index (χ3v) is 6.26. The predicted molar refractivity (Wildman–Crippen MR) is 111 cm³/mol. The highest BCUT2D eigenvalue weighted by molar-refractivity contribution is 5.93. The average molecular weight is 399 g/mol. The maximum absolute atomic E-state index is 12.7. The first kappa shape index (κ1) is 19.8. The van der Waals surface area contributed by atoms with Gasteiger partial charge in [0, 0.05) is 18.2 Å². The number of rotatable bonds is 6. The third kappa shape index (κ3) is 4.24. The van der Waals surface area contributed by atoms with Crippen molar-refractivity contribution in [3.8, 4) is 22.8 Å². The van der Waals surface area contributed by atoms with Crippen molar-refractivity contribution in [1.82, 2.24) is 20.4 Å². The minimum absolute atomic E-state index is 0.0999. The lowest BCUT2D eigenvalue weighted by Gasteiger charge is -2.44. The van der Waals surface area contributed by atoms with Crippen molar-refractivity contribution < 1.29 is 14.3 Å². The molecule has 2 aromatic rings. The topological polar surface area (TPSA) is 79.5 Å². The van der Waals surface area contributed by atoms with E-state index in [1.54, 1.807) is 20.3 Å². The van der Waals surface area contributed by atoms with Crippen LogP contribution in [0.25, 0.3) is 11.3 Å². The summed E-state index contributed by atoms with van der Waals surface area (Å²) in [5, 5.41) is 10.3. The fraction of sp³-hybridized carbons (Fsp3) is 0.545. The Bertz CT molecular complexity index is 848. The molecule has 29 heavy (non-hydrogen) atoms. The Morgan fingerprint density at radius 2 is 1.97 bits per heavy atom. The number of amides is 1. The molecule has 1 aromatic heterocycles. The number of nitrogens with zero attached hydrogens (tertiary/aromatic N) is 2. The Hall–Kier alpha value is -2.54. The summed E-state index contributed by atoms with van der Waals surface area (Å²) in [6.45, 7) is 3.15. The van der Waals surface area contributed by atoms with Crippen LogP contribution in [0.3, 0.4) is 0 Å². The number of carbonyl (C=O) groups is 1. The second-order valence-corrected chi connectivity index (χ2v) is 7.95. The van der Waals surface area contributed by atoms with E-state index < -0.39 is 0 Å². The Morgan fingerprint density at radius 3 is 2.79 bits per heavy atom. The molecule has 2 aliphatic heterocycles. The fourth-order valence-electron chi connectivity index (χ4n) is 4.72. The number of H-pyrrole nitrogens is 1. The number of hydrogen-bond donors (Lipinski definition) is 2. The Morgan fingerprint density at radius 1 is 1.14 bits per heavy atom. The summed E-state index contributed by atoms with van der Waals surface area (Å²) >= 11 is 0. The number of nitrogens with one attached hydrogen (secondary N) is 2. The lowest BCUT2D eigenvalue weighted by atomic mass is 9.83. The summed E-state index contributed by atoms with van der Waals surface area (Å²) in [6, 6.07) is 8.00. The molecule has 0 unspecified atom stereocenters. The summed E-state index contributed by atoms with van der Waals surface area (Å²) in [4.78, 5) is 15.3. The number of benzene rings is 1. The zero-order valence-corrected chi connectivity index (χ0v) is 17.2. The number of fused-ring (bicyclic) bond motifs is 1. The second-order valence-electron chi connectivity index (χ2n) is 7.95. The normalized spacial score (nSPS) is 22.0. The van der Waals surface area contributed by atoms with Crippen molar-refractivity contribution in [2.24, 2.45) is 5.92 Å². The second kappa shape index (κ2) is 8.86. The maximum atomic E-state index is 12.7. The standard InChI is InChI=1S/C22H30N4O3/c1-28-20-9-8-15(12-21(20)29-2)17-13-18(25-24-17)22(27)23-14-16-6-5-11-26-10-4-3-7-19(16)26/h8-9,12-13,16,19H,3-7,10-11,14H2,1-2H3,(H,23,27)(H,24,25)/t16-,19-/m0/s1. The molecule has 0 saturated carbocycles. The van der Waals surface area contributed by atoms with Crippen LogP contribution in [0.2, 0.25) is 0 Å². The number of methoxy groups -OCH3 is 2. The lowest BCUT2D eigenvalue weighted by molar-refractivity contribution is 0.0575. The van der Waals surface area contributed by atoms with Crippen LogP contribution in [0.4, 0.5) is 0 Å². The number of aromatic amines is 1. The van der Waals surface area contributed by atoms with Gasteiger partial charge in [-0.1, -0.05) is 6.42 Å². The van der Waals surface area contributed by atoms with Gasteiger partial charge in [-0.15, -0.1) is 0 Å². The molecule has 0 bridgehead atoms. The Labute approximate surface area is 171 Å². The molecule has 2 fully saturated rings. The van der Waals surface area contributed by atoms with Crippen LogP contribution in [0.5, 0.6) is 11.5 Å². The number of carbonyl (C=O) groups excluding carboxylic acids is 1. The first-order valence-corrected chi connectivity index (χ1v) is 10.5. The van der Waals surface area contributed by atoms with E-state index in [2.05, 4.69) is 20.4 Å². The van der Waals surface area contributed by atoms with Gasteiger partial charge in [-0.2, -0.15) is 5.10 Å². The van der Waals surface area contributed by atoms with Crippen molar-refractivity contribution in [2.75, 3.05) is 33.9 Å².